The zero-order chi connectivity index (χ0) is 24.5. The molecule has 1 atom stereocenters. The van der Waals surface area contributed by atoms with Crippen LogP contribution < -0.4 is 9.64 Å². The van der Waals surface area contributed by atoms with Crippen molar-refractivity contribution < 1.29 is 32.6 Å². The summed E-state index contributed by atoms with van der Waals surface area (Å²) in [6.45, 7) is 0. The molecule has 0 radical (unpaired) electrons. The quantitative estimate of drug-likeness (QED) is 0.535. The molecule has 1 aliphatic heterocycles. The summed E-state index contributed by atoms with van der Waals surface area (Å²) in [7, 11) is -1.50. The lowest BCUT2D eigenvalue weighted by Crippen LogP contribution is -2.31. The second-order valence-corrected chi connectivity index (χ2v) is 9.34. The fourth-order valence-corrected chi connectivity index (χ4v) is 5.46. The topological polar surface area (TPSA) is 110 Å². The number of aliphatic hydroxyl groups excluding tert-OH is 1. The van der Waals surface area contributed by atoms with E-state index in [1.807, 2.05) is 0 Å². The number of esters is 1. The van der Waals surface area contributed by atoms with E-state index < -0.39 is 38.4 Å². The van der Waals surface area contributed by atoms with Gasteiger partial charge in [0.05, 0.1) is 24.7 Å². The Morgan fingerprint density at radius 2 is 1.53 bits per heavy atom. The largest absolute Gasteiger partial charge is 0.502 e. The van der Waals surface area contributed by atoms with Crippen molar-refractivity contribution in [2.45, 2.75) is 10.9 Å². The van der Waals surface area contributed by atoms with Crippen LogP contribution in [0.4, 0.5) is 5.69 Å². The molecular weight excluding hydrogens is 458 g/mol. The van der Waals surface area contributed by atoms with Crippen LogP contribution in [-0.2, 0) is 19.4 Å². The van der Waals surface area contributed by atoms with Crippen LogP contribution in [0.1, 0.15) is 22.0 Å². The van der Waals surface area contributed by atoms with Gasteiger partial charge in [0.1, 0.15) is 16.7 Å². The van der Waals surface area contributed by atoms with E-state index in [-0.39, 0.29) is 10.5 Å². The number of benzene rings is 3. The van der Waals surface area contributed by atoms with Gasteiger partial charge in [-0.3, -0.25) is 9.69 Å². The molecule has 0 spiro atoms. The number of methoxy groups -OCH3 is 2. The van der Waals surface area contributed by atoms with Crippen LogP contribution in [0.15, 0.2) is 94.4 Å². The average Bonchev–Trinajstić information content (AvgIpc) is 3.15. The summed E-state index contributed by atoms with van der Waals surface area (Å²) >= 11 is 0. The fourth-order valence-electron chi connectivity index (χ4n) is 3.81. The smallest absolute Gasteiger partial charge is 0.337 e. The molecular formula is C25H21NO7S. The first-order valence-electron chi connectivity index (χ1n) is 10.2. The Balaban J connectivity index is 1.90. The van der Waals surface area contributed by atoms with Crippen molar-refractivity contribution in [1.29, 1.82) is 0 Å². The lowest BCUT2D eigenvalue weighted by atomic mass is 10.0. The summed E-state index contributed by atoms with van der Waals surface area (Å²) in [5.74, 6) is -1.73. The SMILES string of the molecule is COC(=O)c1ccc(C2C(S(=O)(=O)c3ccccc3)=C(O)C(=O)N2c2ccc(OC)cc2)cc1. The zero-order valence-electron chi connectivity index (χ0n) is 18.3. The van der Waals surface area contributed by atoms with Crippen LogP contribution in [-0.4, -0.2) is 39.6 Å². The Morgan fingerprint density at radius 3 is 2.09 bits per heavy atom. The highest BCUT2D eigenvalue weighted by Gasteiger charge is 2.47. The van der Waals surface area contributed by atoms with Gasteiger partial charge in [0, 0.05) is 5.69 Å². The van der Waals surface area contributed by atoms with Crippen molar-refractivity contribution in [3.05, 3.63) is 101 Å². The molecule has 4 rings (SSSR count). The minimum absolute atomic E-state index is 0.0582. The van der Waals surface area contributed by atoms with Crippen LogP contribution in [0.5, 0.6) is 5.75 Å². The molecule has 0 bridgehead atoms. The van der Waals surface area contributed by atoms with Crippen molar-refractivity contribution in [2.24, 2.45) is 0 Å². The number of sulfone groups is 1. The summed E-state index contributed by atoms with van der Waals surface area (Å²) in [4.78, 5) is 25.8. The first kappa shape index (κ1) is 23.1. The van der Waals surface area contributed by atoms with Gasteiger partial charge >= 0.3 is 5.97 Å². The van der Waals surface area contributed by atoms with E-state index in [0.717, 1.165) is 0 Å². The molecule has 174 valence electrons. The maximum Gasteiger partial charge on any atom is 0.337 e. The van der Waals surface area contributed by atoms with Gasteiger partial charge in [-0.25, -0.2) is 13.2 Å². The van der Waals surface area contributed by atoms with E-state index in [1.165, 1.54) is 55.5 Å². The summed E-state index contributed by atoms with van der Waals surface area (Å²) in [5, 5.41) is 10.8. The van der Waals surface area contributed by atoms with E-state index in [4.69, 9.17) is 9.47 Å². The number of aliphatic hydroxyl groups is 1. The Morgan fingerprint density at radius 1 is 0.912 bits per heavy atom. The summed E-state index contributed by atoms with van der Waals surface area (Å²) in [6.07, 6.45) is 0. The van der Waals surface area contributed by atoms with Crippen LogP contribution in [0.25, 0.3) is 0 Å². The zero-order valence-corrected chi connectivity index (χ0v) is 19.2. The van der Waals surface area contributed by atoms with Crippen molar-refractivity contribution >= 4 is 27.4 Å². The van der Waals surface area contributed by atoms with E-state index in [0.29, 0.717) is 17.0 Å². The Bertz CT molecular complexity index is 1360. The van der Waals surface area contributed by atoms with Gasteiger partial charge in [0.25, 0.3) is 5.91 Å². The maximum atomic E-state index is 13.6. The molecule has 0 saturated carbocycles. The number of carbonyl (C=O) groups excluding carboxylic acids is 2. The molecule has 0 saturated heterocycles. The van der Waals surface area contributed by atoms with Crippen molar-refractivity contribution in [2.75, 3.05) is 19.1 Å². The Kier molecular flexibility index (Phi) is 6.12. The molecule has 1 unspecified atom stereocenters. The fraction of sp³-hybridized carbons (Fsp3) is 0.120. The van der Waals surface area contributed by atoms with Gasteiger partial charge in [-0.05, 0) is 54.1 Å². The number of nitrogens with zero attached hydrogens (tertiary/aromatic N) is 1. The Hall–Kier alpha value is -4.11. The normalized spacial score (nSPS) is 16.0. The third-order valence-corrected chi connectivity index (χ3v) is 7.39. The van der Waals surface area contributed by atoms with Crippen LogP contribution in [0.3, 0.4) is 0 Å². The molecule has 1 N–H and O–H groups in total. The second-order valence-electron chi connectivity index (χ2n) is 7.42. The molecule has 3 aromatic rings. The first-order chi connectivity index (χ1) is 16.3. The minimum Gasteiger partial charge on any atom is -0.502 e. The van der Waals surface area contributed by atoms with Crippen LogP contribution in [0.2, 0.25) is 0 Å². The number of hydrogen-bond acceptors (Lipinski definition) is 7. The van der Waals surface area contributed by atoms with Gasteiger partial charge < -0.3 is 14.6 Å². The summed E-state index contributed by atoms with van der Waals surface area (Å²) < 4.78 is 37.1. The number of carbonyl (C=O) groups is 2. The van der Waals surface area contributed by atoms with Crippen molar-refractivity contribution in [1.82, 2.24) is 0 Å². The lowest BCUT2D eigenvalue weighted by Gasteiger charge is -2.27. The van der Waals surface area contributed by atoms with E-state index in [9.17, 15) is 23.1 Å². The van der Waals surface area contributed by atoms with Crippen molar-refractivity contribution in [3.8, 4) is 5.75 Å². The number of ether oxygens (including phenoxy) is 2. The predicted octanol–water partition coefficient (Wildman–Crippen LogP) is 3.81. The highest BCUT2D eigenvalue weighted by atomic mass is 32.2. The highest BCUT2D eigenvalue weighted by Crippen LogP contribution is 2.45. The molecule has 1 aliphatic rings. The third-order valence-electron chi connectivity index (χ3n) is 5.50. The highest BCUT2D eigenvalue weighted by molar-refractivity contribution is 7.95. The van der Waals surface area contributed by atoms with Gasteiger partial charge in [0.15, 0.2) is 5.76 Å². The predicted molar refractivity (Wildman–Crippen MR) is 124 cm³/mol. The number of anilines is 1. The van der Waals surface area contributed by atoms with Crippen molar-refractivity contribution in [3.63, 3.8) is 0 Å². The van der Waals surface area contributed by atoms with E-state index in [1.54, 1.807) is 42.5 Å². The number of rotatable bonds is 6. The van der Waals surface area contributed by atoms with E-state index >= 15 is 0 Å². The van der Waals surface area contributed by atoms with E-state index in [2.05, 4.69) is 0 Å². The molecule has 8 nitrogen and oxygen atoms in total. The molecule has 0 fully saturated rings. The van der Waals surface area contributed by atoms with Crippen LogP contribution >= 0.6 is 0 Å². The molecule has 34 heavy (non-hydrogen) atoms. The number of amides is 1. The standard InChI is InChI=1S/C25H21NO7S/c1-32-19-14-12-18(13-15-19)26-21(16-8-10-17(11-9-16)25(29)33-2)23(22(27)24(26)28)34(30,31)20-6-4-3-5-7-20/h3-15,21,27H,1-2H3. The Labute approximate surface area is 196 Å². The van der Waals surface area contributed by atoms with Crippen LogP contribution in [0, 0.1) is 0 Å². The lowest BCUT2D eigenvalue weighted by molar-refractivity contribution is -0.117. The van der Waals surface area contributed by atoms with Gasteiger partial charge in [0.2, 0.25) is 9.84 Å². The monoisotopic (exact) mass is 479 g/mol. The average molecular weight is 480 g/mol. The van der Waals surface area contributed by atoms with Gasteiger partial charge in [-0.15, -0.1) is 0 Å². The summed E-state index contributed by atoms with van der Waals surface area (Å²) in [6, 6.07) is 18.8. The molecule has 9 heteroatoms. The van der Waals surface area contributed by atoms with Gasteiger partial charge in [-0.2, -0.15) is 0 Å². The molecule has 3 aromatic carbocycles. The maximum absolute atomic E-state index is 13.6. The third kappa shape index (κ3) is 3.90. The molecule has 1 amide bonds. The second kappa shape index (κ2) is 9.03. The summed E-state index contributed by atoms with van der Waals surface area (Å²) in [5.41, 5.74) is 1.00. The first-order valence-corrected chi connectivity index (χ1v) is 11.7. The number of hydrogen-bond donors (Lipinski definition) is 1. The molecule has 1 heterocycles. The molecule has 0 aromatic heterocycles. The van der Waals surface area contributed by atoms with Gasteiger partial charge in [-0.1, -0.05) is 30.3 Å². The minimum atomic E-state index is -4.25. The molecule has 0 aliphatic carbocycles.